The molecule has 30 heavy (non-hydrogen) atoms. The summed E-state index contributed by atoms with van der Waals surface area (Å²) in [5.74, 6) is -1.44. The number of rotatable bonds is 5. The van der Waals surface area contributed by atoms with Crippen molar-refractivity contribution in [1.29, 1.82) is 0 Å². The molecule has 5 amide bonds. The SMILES string of the molecule is C[C@@H](NC(=O)OC(C)(C)C)C(=O)NNC(=O)[C@@H]1CC[C@H]2CN1C(=O)N2OS(=O)(=O)O. The maximum absolute atomic E-state index is 12.4. The molecule has 4 N–H and O–H groups in total. The number of carbonyl (C=O) groups excluding carboxylic acids is 4. The minimum Gasteiger partial charge on any atom is -0.444 e. The lowest BCUT2D eigenvalue weighted by atomic mass is 10.0. The van der Waals surface area contributed by atoms with Crippen LogP contribution in [0.25, 0.3) is 0 Å². The molecule has 170 valence electrons. The molecule has 3 atom stereocenters. The van der Waals surface area contributed by atoms with Crippen LogP contribution in [0.2, 0.25) is 0 Å². The fraction of sp³-hybridized carbons (Fsp3) is 0.733. The van der Waals surface area contributed by atoms with E-state index in [4.69, 9.17) is 9.29 Å². The smallest absolute Gasteiger partial charge is 0.418 e. The van der Waals surface area contributed by atoms with Crippen LogP contribution in [0.1, 0.15) is 40.5 Å². The van der Waals surface area contributed by atoms with Crippen LogP contribution in [-0.4, -0.2) is 77.1 Å². The van der Waals surface area contributed by atoms with Crippen molar-refractivity contribution in [1.82, 2.24) is 26.1 Å². The molecule has 2 rings (SSSR count). The van der Waals surface area contributed by atoms with E-state index in [1.54, 1.807) is 20.8 Å². The summed E-state index contributed by atoms with van der Waals surface area (Å²) in [6.45, 7) is 6.37. The van der Waals surface area contributed by atoms with Gasteiger partial charge in [0.05, 0.1) is 6.04 Å². The minimum absolute atomic E-state index is 0.0109. The standard InChI is InChI=1S/C15H25N5O9S/c1-8(16-13(23)28-15(2,3)4)11(21)17-18-12(22)10-6-5-9-7-19(10)14(24)20(9)29-30(25,26)27/h8-10H,5-7H2,1-4H3,(H,16,23)(H,17,21)(H,18,22)(H,25,26,27)/t8-,9+,10+/m1/s1. The number of urea groups is 1. The zero-order chi connectivity index (χ0) is 22.9. The summed E-state index contributed by atoms with van der Waals surface area (Å²) in [7, 11) is -4.89. The number of ether oxygens (including phenoxy) is 1. The van der Waals surface area contributed by atoms with Crippen LogP contribution < -0.4 is 16.2 Å². The number of hydrogen-bond donors (Lipinski definition) is 4. The van der Waals surface area contributed by atoms with Gasteiger partial charge in [-0.15, -0.1) is 4.28 Å². The van der Waals surface area contributed by atoms with Gasteiger partial charge in [-0.2, -0.15) is 13.5 Å². The first-order valence-electron chi connectivity index (χ1n) is 9.04. The maximum atomic E-state index is 12.4. The molecule has 0 spiro atoms. The molecule has 0 radical (unpaired) electrons. The summed E-state index contributed by atoms with van der Waals surface area (Å²) < 4.78 is 39.9. The molecule has 0 aliphatic carbocycles. The minimum atomic E-state index is -4.89. The number of piperidine rings is 1. The van der Waals surface area contributed by atoms with Crippen LogP contribution in [0, 0.1) is 0 Å². The molecule has 2 aliphatic heterocycles. The van der Waals surface area contributed by atoms with Crippen molar-refractivity contribution < 1.29 is 41.2 Å². The summed E-state index contributed by atoms with van der Waals surface area (Å²) in [5, 5.41) is 2.82. The van der Waals surface area contributed by atoms with E-state index in [0.29, 0.717) is 5.06 Å². The van der Waals surface area contributed by atoms with E-state index >= 15 is 0 Å². The summed E-state index contributed by atoms with van der Waals surface area (Å²) in [6, 6.07) is -3.56. The normalized spacial score (nSPS) is 22.4. The Balaban J connectivity index is 1.87. The number of hydroxylamine groups is 2. The average Bonchev–Trinajstić information content (AvgIpc) is 2.81. The van der Waals surface area contributed by atoms with Gasteiger partial charge in [-0.05, 0) is 40.5 Å². The Morgan fingerprint density at radius 1 is 1.20 bits per heavy atom. The number of carbonyl (C=O) groups is 4. The van der Waals surface area contributed by atoms with Gasteiger partial charge >= 0.3 is 22.5 Å². The summed E-state index contributed by atoms with van der Waals surface area (Å²) in [4.78, 5) is 49.5. The number of nitrogens with one attached hydrogen (secondary N) is 3. The zero-order valence-electron chi connectivity index (χ0n) is 16.9. The first kappa shape index (κ1) is 23.6. The van der Waals surface area contributed by atoms with Crippen LogP contribution in [0.5, 0.6) is 0 Å². The fourth-order valence-corrected chi connectivity index (χ4v) is 3.36. The molecule has 0 aromatic heterocycles. The van der Waals surface area contributed by atoms with Gasteiger partial charge in [-0.25, -0.2) is 9.59 Å². The third kappa shape index (κ3) is 6.17. The number of hydrazine groups is 1. The maximum Gasteiger partial charge on any atom is 0.418 e. The van der Waals surface area contributed by atoms with Crippen molar-refractivity contribution in [2.45, 2.75) is 64.3 Å². The molecule has 14 nitrogen and oxygen atoms in total. The van der Waals surface area contributed by atoms with E-state index in [1.807, 2.05) is 0 Å². The van der Waals surface area contributed by atoms with Gasteiger partial charge in [-0.1, -0.05) is 0 Å². The van der Waals surface area contributed by atoms with Crippen molar-refractivity contribution in [3.8, 4) is 0 Å². The molecule has 0 saturated carbocycles. The van der Waals surface area contributed by atoms with Crippen LogP contribution in [0.3, 0.4) is 0 Å². The number of fused-ring (bicyclic) bond motifs is 2. The molecule has 15 heteroatoms. The third-order valence-electron chi connectivity index (χ3n) is 4.24. The summed E-state index contributed by atoms with van der Waals surface area (Å²) >= 11 is 0. The lowest BCUT2D eigenvalue weighted by Gasteiger charge is -2.29. The quantitative estimate of drug-likeness (QED) is 0.302. The van der Waals surface area contributed by atoms with Gasteiger partial charge < -0.3 is 15.0 Å². The van der Waals surface area contributed by atoms with Crippen LogP contribution in [-0.2, 0) is 29.0 Å². The Hall–Kier alpha value is -2.65. The third-order valence-corrected chi connectivity index (χ3v) is 4.58. The second-order valence-corrected chi connectivity index (χ2v) is 8.86. The Bertz CT molecular complexity index is 825. The first-order valence-corrected chi connectivity index (χ1v) is 10.4. The second-order valence-electron chi connectivity index (χ2n) is 7.86. The summed E-state index contributed by atoms with van der Waals surface area (Å²) in [6.07, 6.45) is -0.397. The van der Waals surface area contributed by atoms with Gasteiger partial charge in [0, 0.05) is 6.54 Å². The second kappa shape index (κ2) is 8.61. The van der Waals surface area contributed by atoms with E-state index < -0.39 is 58.1 Å². The van der Waals surface area contributed by atoms with Crippen molar-refractivity contribution in [2.75, 3.05) is 6.54 Å². The van der Waals surface area contributed by atoms with Gasteiger partial charge in [0.15, 0.2) is 0 Å². The fourth-order valence-electron chi connectivity index (χ4n) is 2.97. The summed E-state index contributed by atoms with van der Waals surface area (Å²) in [5.41, 5.74) is 3.56. The monoisotopic (exact) mass is 451 g/mol. The molecule has 0 unspecified atom stereocenters. The molecule has 2 heterocycles. The highest BCUT2D eigenvalue weighted by Crippen LogP contribution is 2.30. The van der Waals surface area contributed by atoms with E-state index in [1.165, 1.54) is 6.92 Å². The number of alkyl carbamates (subject to hydrolysis) is 1. The largest absolute Gasteiger partial charge is 0.444 e. The topological polar surface area (TPSA) is 184 Å². The first-order chi connectivity index (χ1) is 13.7. The predicted molar refractivity (Wildman–Crippen MR) is 98.5 cm³/mol. The lowest BCUT2D eigenvalue weighted by molar-refractivity contribution is -0.132. The molecule has 0 aromatic rings. The predicted octanol–water partition coefficient (Wildman–Crippen LogP) is -0.950. The Morgan fingerprint density at radius 2 is 1.83 bits per heavy atom. The lowest BCUT2D eigenvalue weighted by Crippen LogP contribution is -2.57. The molecule has 0 aromatic carbocycles. The van der Waals surface area contributed by atoms with Gasteiger partial charge in [0.25, 0.3) is 11.8 Å². The highest BCUT2D eigenvalue weighted by molar-refractivity contribution is 7.80. The molecular formula is C15H25N5O9S. The molecular weight excluding hydrogens is 426 g/mol. The van der Waals surface area contributed by atoms with Gasteiger partial charge in [0.2, 0.25) is 0 Å². The Labute approximate surface area is 173 Å². The Kier molecular flexibility index (Phi) is 6.78. The van der Waals surface area contributed by atoms with Crippen molar-refractivity contribution in [2.24, 2.45) is 0 Å². The highest BCUT2D eigenvalue weighted by atomic mass is 32.3. The number of hydrogen-bond acceptors (Lipinski definition) is 8. The number of nitrogens with zero attached hydrogens (tertiary/aromatic N) is 2. The molecule has 2 saturated heterocycles. The van der Waals surface area contributed by atoms with E-state index in [0.717, 1.165) is 4.90 Å². The van der Waals surface area contributed by atoms with Crippen molar-refractivity contribution in [3.63, 3.8) is 0 Å². The van der Waals surface area contributed by atoms with Crippen LogP contribution in [0.4, 0.5) is 9.59 Å². The van der Waals surface area contributed by atoms with Gasteiger partial charge in [0.1, 0.15) is 17.7 Å². The zero-order valence-corrected chi connectivity index (χ0v) is 17.7. The van der Waals surface area contributed by atoms with Gasteiger partial charge in [-0.3, -0.25) is 25.0 Å². The molecule has 2 fully saturated rings. The van der Waals surface area contributed by atoms with Crippen LogP contribution in [0.15, 0.2) is 0 Å². The van der Waals surface area contributed by atoms with E-state index in [2.05, 4.69) is 20.5 Å². The average molecular weight is 451 g/mol. The van der Waals surface area contributed by atoms with E-state index in [-0.39, 0.29) is 19.4 Å². The van der Waals surface area contributed by atoms with Crippen LogP contribution >= 0.6 is 0 Å². The molecule has 2 aliphatic rings. The number of amides is 5. The molecule has 2 bridgehead atoms. The van der Waals surface area contributed by atoms with Crippen molar-refractivity contribution >= 4 is 34.3 Å². The Morgan fingerprint density at radius 3 is 2.40 bits per heavy atom. The highest BCUT2D eigenvalue weighted by Gasteiger charge is 2.49. The van der Waals surface area contributed by atoms with Crippen molar-refractivity contribution in [3.05, 3.63) is 0 Å². The van der Waals surface area contributed by atoms with E-state index in [9.17, 15) is 27.6 Å².